The van der Waals surface area contributed by atoms with Crippen molar-refractivity contribution in [1.29, 1.82) is 0 Å². The van der Waals surface area contributed by atoms with Gasteiger partial charge in [0.15, 0.2) is 0 Å². The number of hydrogen-bond acceptors (Lipinski definition) is 2. The average molecular weight is 331 g/mol. The van der Waals surface area contributed by atoms with E-state index in [1.165, 1.54) is 22.4 Å². The fraction of sp³-hybridized carbons (Fsp3) is 0.294. The highest BCUT2D eigenvalue weighted by molar-refractivity contribution is 9.10. The fourth-order valence-corrected chi connectivity index (χ4v) is 3.26. The van der Waals surface area contributed by atoms with E-state index in [9.17, 15) is 0 Å². The van der Waals surface area contributed by atoms with Crippen LogP contribution >= 0.6 is 15.9 Å². The van der Waals surface area contributed by atoms with Crippen LogP contribution in [-0.2, 0) is 13.0 Å². The van der Waals surface area contributed by atoms with E-state index >= 15 is 0 Å². The summed E-state index contributed by atoms with van der Waals surface area (Å²) in [6.07, 6.45) is 1.10. The summed E-state index contributed by atoms with van der Waals surface area (Å²) in [5.41, 5.74) is 11.5. The molecule has 0 aliphatic carbocycles. The lowest BCUT2D eigenvalue weighted by Gasteiger charge is -2.33. The lowest BCUT2D eigenvalue weighted by atomic mass is 9.98. The third-order valence-electron chi connectivity index (χ3n) is 3.95. The van der Waals surface area contributed by atoms with Crippen molar-refractivity contribution >= 4 is 21.6 Å². The molecule has 104 valence electrons. The number of hydrogen-bond donors (Lipinski definition) is 1. The Morgan fingerprint density at radius 3 is 2.65 bits per heavy atom. The van der Waals surface area contributed by atoms with Gasteiger partial charge in [-0.3, -0.25) is 0 Å². The van der Waals surface area contributed by atoms with Crippen molar-refractivity contribution in [2.24, 2.45) is 5.73 Å². The van der Waals surface area contributed by atoms with Crippen LogP contribution < -0.4 is 10.6 Å². The Balaban J connectivity index is 1.95. The molecule has 2 aromatic carbocycles. The summed E-state index contributed by atoms with van der Waals surface area (Å²) >= 11 is 3.54. The summed E-state index contributed by atoms with van der Waals surface area (Å²) < 4.78 is 1.09. The Labute approximate surface area is 128 Å². The van der Waals surface area contributed by atoms with Gasteiger partial charge in [0, 0.05) is 29.3 Å². The Bertz CT molecular complexity index is 622. The highest BCUT2D eigenvalue weighted by Gasteiger charge is 2.19. The second-order valence-corrected chi connectivity index (χ2v) is 6.35. The van der Waals surface area contributed by atoms with Crippen molar-refractivity contribution in [1.82, 2.24) is 0 Å². The van der Waals surface area contributed by atoms with Gasteiger partial charge in [-0.2, -0.15) is 0 Å². The van der Waals surface area contributed by atoms with E-state index in [-0.39, 0.29) is 6.04 Å². The molecule has 0 bridgehead atoms. The molecule has 3 heteroatoms. The van der Waals surface area contributed by atoms with Crippen molar-refractivity contribution in [2.45, 2.75) is 25.9 Å². The Kier molecular flexibility index (Phi) is 3.81. The molecule has 0 radical (unpaired) electrons. The molecule has 0 saturated heterocycles. The lowest BCUT2D eigenvalue weighted by molar-refractivity contribution is 0.715. The molecule has 1 unspecified atom stereocenters. The van der Waals surface area contributed by atoms with E-state index in [2.05, 4.69) is 63.3 Å². The Morgan fingerprint density at radius 1 is 1.15 bits per heavy atom. The molecule has 2 aromatic rings. The first-order valence-electron chi connectivity index (χ1n) is 7.02. The molecule has 2 N–H and O–H groups in total. The van der Waals surface area contributed by atoms with Crippen LogP contribution in [0.2, 0.25) is 0 Å². The van der Waals surface area contributed by atoms with E-state index in [1.807, 2.05) is 6.92 Å². The molecule has 1 heterocycles. The normalized spacial score (nSPS) is 15.8. The predicted molar refractivity (Wildman–Crippen MR) is 87.9 cm³/mol. The molecule has 2 nitrogen and oxygen atoms in total. The standard InChI is InChI=1S/C17H19BrN2/c1-12(19)16-10-15(18)6-7-17(16)20-9-8-13-4-2-3-5-14(13)11-20/h2-7,10,12H,8-9,11,19H2,1H3. The van der Waals surface area contributed by atoms with E-state index in [4.69, 9.17) is 5.73 Å². The molecule has 0 amide bonds. The van der Waals surface area contributed by atoms with Crippen LogP contribution in [0.1, 0.15) is 29.7 Å². The molecule has 1 atom stereocenters. The smallest absolute Gasteiger partial charge is 0.0432 e. The molecular weight excluding hydrogens is 312 g/mol. The highest BCUT2D eigenvalue weighted by atomic mass is 79.9. The van der Waals surface area contributed by atoms with Crippen molar-refractivity contribution in [3.8, 4) is 0 Å². The number of fused-ring (bicyclic) bond motifs is 1. The second kappa shape index (κ2) is 5.58. The van der Waals surface area contributed by atoms with Gasteiger partial charge >= 0.3 is 0 Å². The maximum absolute atomic E-state index is 6.14. The third-order valence-corrected chi connectivity index (χ3v) is 4.44. The first-order chi connectivity index (χ1) is 9.65. The van der Waals surface area contributed by atoms with E-state index in [0.29, 0.717) is 0 Å². The highest BCUT2D eigenvalue weighted by Crippen LogP contribution is 2.32. The SMILES string of the molecule is CC(N)c1cc(Br)ccc1N1CCc2ccccc2C1. The van der Waals surface area contributed by atoms with Crippen LogP contribution in [0.25, 0.3) is 0 Å². The first-order valence-corrected chi connectivity index (χ1v) is 7.81. The molecular formula is C17H19BrN2. The topological polar surface area (TPSA) is 29.3 Å². The number of benzene rings is 2. The summed E-state index contributed by atoms with van der Waals surface area (Å²) in [5, 5.41) is 0. The van der Waals surface area contributed by atoms with Gasteiger partial charge in [0.05, 0.1) is 0 Å². The molecule has 20 heavy (non-hydrogen) atoms. The van der Waals surface area contributed by atoms with Gasteiger partial charge in [0.25, 0.3) is 0 Å². The predicted octanol–water partition coefficient (Wildman–Crippen LogP) is 4.03. The van der Waals surface area contributed by atoms with Gasteiger partial charge < -0.3 is 10.6 Å². The summed E-state index contributed by atoms with van der Waals surface area (Å²) in [7, 11) is 0. The number of rotatable bonds is 2. The third kappa shape index (κ3) is 2.60. The molecule has 1 aliphatic rings. The maximum atomic E-state index is 6.14. The first kappa shape index (κ1) is 13.7. The summed E-state index contributed by atoms with van der Waals surface area (Å²) in [6.45, 7) is 4.07. The second-order valence-electron chi connectivity index (χ2n) is 5.43. The van der Waals surface area contributed by atoms with Gasteiger partial charge in [-0.15, -0.1) is 0 Å². The zero-order chi connectivity index (χ0) is 14.1. The van der Waals surface area contributed by atoms with Crippen LogP contribution in [0, 0.1) is 0 Å². The Hall–Kier alpha value is -1.32. The van der Waals surface area contributed by atoms with Crippen LogP contribution in [0.15, 0.2) is 46.9 Å². The van der Waals surface area contributed by atoms with Gasteiger partial charge in [0.1, 0.15) is 0 Å². The minimum absolute atomic E-state index is 0.0414. The monoisotopic (exact) mass is 330 g/mol. The van der Waals surface area contributed by atoms with Gasteiger partial charge in [-0.05, 0) is 48.2 Å². The molecule has 0 aromatic heterocycles. The minimum Gasteiger partial charge on any atom is -0.367 e. The number of nitrogens with two attached hydrogens (primary N) is 1. The maximum Gasteiger partial charge on any atom is 0.0432 e. The molecule has 0 spiro atoms. The van der Waals surface area contributed by atoms with Gasteiger partial charge in [-0.1, -0.05) is 40.2 Å². The summed E-state index contributed by atoms with van der Waals surface area (Å²) in [6, 6.07) is 15.2. The lowest BCUT2D eigenvalue weighted by Crippen LogP contribution is -2.31. The van der Waals surface area contributed by atoms with Crippen LogP contribution in [-0.4, -0.2) is 6.54 Å². The van der Waals surface area contributed by atoms with Crippen LogP contribution in [0.5, 0.6) is 0 Å². The van der Waals surface area contributed by atoms with E-state index in [0.717, 1.165) is 24.0 Å². The fourth-order valence-electron chi connectivity index (χ4n) is 2.88. The van der Waals surface area contributed by atoms with Gasteiger partial charge in [-0.25, -0.2) is 0 Å². The van der Waals surface area contributed by atoms with E-state index in [1.54, 1.807) is 0 Å². The van der Waals surface area contributed by atoms with Gasteiger partial charge in [0.2, 0.25) is 0 Å². The van der Waals surface area contributed by atoms with Crippen molar-refractivity contribution in [3.05, 3.63) is 63.6 Å². The molecule has 0 fully saturated rings. The average Bonchev–Trinajstić information content (AvgIpc) is 2.46. The molecule has 1 aliphatic heterocycles. The molecule has 3 rings (SSSR count). The molecule has 0 saturated carbocycles. The quantitative estimate of drug-likeness (QED) is 0.900. The zero-order valence-electron chi connectivity index (χ0n) is 11.6. The number of anilines is 1. The van der Waals surface area contributed by atoms with Crippen molar-refractivity contribution < 1.29 is 0 Å². The largest absolute Gasteiger partial charge is 0.367 e. The van der Waals surface area contributed by atoms with Crippen LogP contribution in [0.3, 0.4) is 0 Å². The number of nitrogens with zero attached hydrogens (tertiary/aromatic N) is 1. The van der Waals surface area contributed by atoms with Crippen LogP contribution in [0.4, 0.5) is 5.69 Å². The Morgan fingerprint density at radius 2 is 1.90 bits per heavy atom. The number of halogens is 1. The van der Waals surface area contributed by atoms with Crippen molar-refractivity contribution in [3.63, 3.8) is 0 Å². The van der Waals surface area contributed by atoms with Crippen molar-refractivity contribution in [2.75, 3.05) is 11.4 Å². The minimum atomic E-state index is 0.0414. The summed E-state index contributed by atoms with van der Waals surface area (Å²) in [4.78, 5) is 2.44. The van der Waals surface area contributed by atoms with E-state index < -0.39 is 0 Å². The summed E-state index contributed by atoms with van der Waals surface area (Å²) in [5.74, 6) is 0. The zero-order valence-corrected chi connectivity index (χ0v) is 13.2.